The van der Waals surface area contributed by atoms with Crippen molar-refractivity contribution in [2.45, 2.75) is 26.4 Å². The predicted octanol–water partition coefficient (Wildman–Crippen LogP) is 4.62. The second-order valence-corrected chi connectivity index (χ2v) is 10.8. The molecule has 0 unspecified atom stereocenters. The van der Waals surface area contributed by atoms with Crippen molar-refractivity contribution in [3.05, 3.63) is 62.1 Å². The molecule has 0 bridgehead atoms. The van der Waals surface area contributed by atoms with Crippen molar-refractivity contribution in [2.75, 3.05) is 23.7 Å². The van der Waals surface area contributed by atoms with Gasteiger partial charge in [0.25, 0.3) is 0 Å². The van der Waals surface area contributed by atoms with Crippen molar-refractivity contribution in [3.63, 3.8) is 0 Å². The fourth-order valence-electron chi connectivity index (χ4n) is 3.03. The van der Waals surface area contributed by atoms with Crippen LogP contribution in [0, 0.1) is 0 Å². The predicted molar refractivity (Wildman–Crippen MR) is 134 cm³/mol. The summed E-state index contributed by atoms with van der Waals surface area (Å²) in [5, 5.41) is 3.81. The Labute approximate surface area is 213 Å². The third-order valence-electron chi connectivity index (χ3n) is 4.69. The number of carbonyl (C=O) groups excluding carboxylic acids is 2. The Kier molecular flexibility index (Phi) is 9.70. The zero-order chi connectivity index (χ0) is 24.9. The van der Waals surface area contributed by atoms with E-state index >= 15 is 0 Å². The molecule has 2 aromatic carbocycles. The van der Waals surface area contributed by atoms with Crippen molar-refractivity contribution < 1.29 is 18.0 Å². The Bertz CT molecular complexity index is 1120. The lowest BCUT2D eigenvalue weighted by molar-refractivity contribution is -0.139. The van der Waals surface area contributed by atoms with Crippen molar-refractivity contribution in [3.8, 4) is 0 Å². The Hall–Kier alpha value is -1.71. The summed E-state index contributed by atoms with van der Waals surface area (Å²) < 4.78 is 25.9. The lowest BCUT2D eigenvalue weighted by Gasteiger charge is -2.31. The summed E-state index contributed by atoms with van der Waals surface area (Å²) in [6, 6.07) is 8.08. The molecule has 0 aliphatic heterocycles. The minimum Gasteiger partial charge on any atom is -0.355 e. The van der Waals surface area contributed by atoms with Crippen LogP contribution in [0.15, 0.2) is 36.4 Å². The van der Waals surface area contributed by atoms with E-state index in [1.165, 1.54) is 29.2 Å². The van der Waals surface area contributed by atoms with Gasteiger partial charge < -0.3 is 10.2 Å². The second-order valence-electron chi connectivity index (χ2n) is 7.23. The van der Waals surface area contributed by atoms with Crippen molar-refractivity contribution in [1.82, 2.24) is 10.2 Å². The van der Waals surface area contributed by atoms with Gasteiger partial charge in [-0.15, -0.1) is 0 Å². The first-order valence-corrected chi connectivity index (χ1v) is 13.1. The van der Waals surface area contributed by atoms with Gasteiger partial charge in [0.2, 0.25) is 21.8 Å². The maximum Gasteiger partial charge on any atom is 0.244 e. The van der Waals surface area contributed by atoms with Gasteiger partial charge in [0.1, 0.15) is 12.6 Å². The molecule has 0 aromatic heterocycles. The molecule has 2 aromatic rings. The molecule has 1 atom stereocenters. The van der Waals surface area contributed by atoms with Crippen LogP contribution in [0.3, 0.4) is 0 Å². The number of hydrogen-bond donors (Lipinski definition) is 1. The number of anilines is 1. The maximum atomic E-state index is 13.4. The van der Waals surface area contributed by atoms with E-state index in [4.69, 9.17) is 46.4 Å². The molecule has 0 saturated heterocycles. The van der Waals surface area contributed by atoms with Gasteiger partial charge in [-0.1, -0.05) is 52.5 Å². The molecule has 0 heterocycles. The zero-order valence-corrected chi connectivity index (χ0v) is 22.0. The standard InChI is InChI=1S/C21H23Cl4N3O4S/c1-4-26-21(30)13(2)27(11-14-5-6-15(22)10-19(14)25)20(29)12-28(33(3,31)32)18-8-16(23)7-17(24)9-18/h5-10,13H,4,11-12H2,1-3H3,(H,26,30)/t13-/m1/s1. The summed E-state index contributed by atoms with van der Waals surface area (Å²) >= 11 is 24.3. The van der Waals surface area contributed by atoms with Crippen LogP contribution in [0.4, 0.5) is 5.69 Å². The Morgan fingerprint density at radius 3 is 2.12 bits per heavy atom. The monoisotopic (exact) mass is 553 g/mol. The number of likely N-dealkylation sites (N-methyl/N-ethyl adjacent to an activating group) is 1. The summed E-state index contributed by atoms with van der Waals surface area (Å²) in [5.74, 6) is -1.02. The lowest BCUT2D eigenvalue weighted by atomic mass is 10.1. The second kappa shape index (κ2) is 11.6. The first kappa shape index (κ1) is 27.5. The van der Waals surface area contributed by atoms with Gasteiger partial charge in [0, 0.05) is 33.2 Å². The van der Waals surface area contributed by atoms with Crippen LogP contribution in [0.25, 0.3) is 0 Å². The topological polar surface area (TPSA) is 86.8 Å². The smallest absolute Gasteiger partial charge is 0.244 e. The van der Waals surface area contributed by atoms with Crippen LogP contribution in [0.1, 0.15) is 19.4 Å². The molecule has 2 amide bonds. The highest BCUT2D eigenvalue weighted by molar-refractivity contribution is 7.92. The molecule has 0 spiro atoms. The largest absolute Gasteiger partial charge is 0.355 e. The van der Waals surface area contributed by atoms with Crippen molar-refractivity contribution in [2.24, 2.45) is 0 Å². The van der Waals surface area contributed by atoms with E-state index in [1.807, 2.05) is 0 Å². The number of hydrogen-bond acceptors (Lipinski definition) is 4. The van der Waals surface area contributed by atoms with Crippen LogP contribution >= 0.6 is 46.4 Å². The first-order chi connectivity index (χ1) is 15.3. The maximum absolute atomic E-state index is 13.4. The van der Waals surface area contributed by atoms with Gasteiger partial charge in [0.15, 0.2) is 0 Å². The number of carbonyl (C=O) groups is 2. The fraction of sp³-hybridized carbons (Fsp3) is 0.333. The van der Waals surface area contributed by atoms with Crippen LogP contribution < -0.4 is 9.62 Å². The van der Waals surface area contributed by atoms with E-state index in [0.717, 1.165) is 10.6 Å². The molecule has 2 rings (SSSR count). The van der Waals surface area contributed by atoms with E-state index in [-0.39, 0.29) is 22.3 Å². The zero-order valence-electron chi connectivity index (χ0n) is 18.1. The molecule has 0 radical (unpaired) electrons. The van der Waals surface area contributed by atoms with Crippen molar-refractivity contribution in [1.29, 1.82) is 0 Å². The molecule has 0 aliphatic rings. The molecule has 33 heavy (non-hydrogen) atoms. The van der Waals surface area contributed by atoms with Crippen LogP contribution in [0.2, 0.25) is 20.1 Å². The van der Waals surface area contributed by atoms with E-state index in [1.54, 1.807) is 26.0 Å². The minimum atomic E-state index is -3.90. The van der Waals surface area contributed by atoms with Crippen LogP contribution in [-0.2, 0) is 26.2 Å². The van der Waals surface area contributed by atoms with Crippen LogP contribution in [0.5, 0.6) is 0 Å². The summed E-state index contributed by atoms with van der Waals surface area (Å²) in [5.41, 5.74) is 0.667. The molecule has 12 heteroatoms. The van der Waals surface area contributed by atoms with Crippen LogP contribution in [-0.4, -0.2) is 50.5 Å². The Balaban J connectivity index is 2.45. The highest BCUT2D eigenvalue weighted by Gasteiger charge is 2.30. The summed E-state index contributed by atoms with van der Waals surface area (Å²) in [7, 11) is -3.90. The first-order valence-electron chi connectivity index (χ1n) is 9.78. The molecule has 180 valence electrons. The highest BCUT2D eigenvalue weighted by Crippen LogP contribution is 2.28. The van der Waals surface area contributed by atoms with Gasteiger partial charge in [-0.05, 0) is 49.7 Å². The number of amides is 2. The molecular formula is C21H23Cl4N3O4S. The number of halogens is 4. The summed E-state index contributed by atoms with van der Waals surface area (Å²) in [6.07, 6.45) is 0.961. The van der Waals surface area contributed by atoms with Gasteiger partial charge in [-0.25, -0.2) is 8.42 Å². The molecular weight excluding hydrogens is 532 g/mol. The minimum absolute atomic E-state index is 0.0406. The average Bonchev–Trinajstić information content (AvgIpc) is 2.69. The number of nitrogens with one attached hydrogen (secondary N) is 1. The number of sulfonamides is 1. The van der Waals surface area contributed by atoms with Gasteiger partial charge in [-0.3, -0.25) is 13.9 Å². The van der Waals surface area contributed by atoms with Gasteiger partial charge in [0.05, 0.1) is 11.9 Å². The number of benzene rings is 2. The summed E-state index contributed by atoms with van der Waals surface area (Å²) in [6.45, 7) is 3.05. The molecule has 0 saturated carbocycles. The third kappa shape index (κ3) is 7.65. The average molecular weight is 555 g/mol. The Morgan fingerprint density at radius 2 is 1.61 bits per heavy atom. The van der Waals surface area contributed by atoms with E-state index < -0.39 is 34.4 Å². The van der Waals surface area contributed by atoms with E-state index in [0.29, 0.717) is 22.2 Å². The van der Waals surface area contributed by atoms with Gasteiger partial charge >= 0.3 is 0 Å². The fourth-order valence-corrected chi connectivity index (χ4v) is 4.85. The SMILES string of the molecule is CCNC(=O)[C@@H](C)N(Cc1ccc(Cl)cc1Cl)C(=O)CN(c1cc(Cl)cc(Cl)c1)S(C)(=O)=O. The molecule has 1 N–H and O–H groups in total. The van der Waals surface area contributed by atoms with E-state index in [2.05, 4.69) is 5.32 Å². The molecule has 7 nitrogen and oxygen atoms in total. The van der Waals surface area contributed by atoms with Gasteiger partial charge in [-0.2, -0.15) is 0 Å². The quantitative estimate of drug-likeness (QED) is 0.490. The van der Waals surface area contributed by atoms with Crippen molar-refractivity contribution >= 4 is 73.9 Å². The third-order valence-corrected chi connectivity index (χ3v) is 6.85. The van der Waals surface area contributed by atoms with E-state index in [9.17, 15) is 18.0 Å². The Morgan fingerprint density at radius 1 is 1.00 bits per heavy atom. The number of nitrogens with zero attached hydrogens (tertiary/aromatic N) is 2. The molecule has 0 fully saturated rings. The number of rotatable bonds is 9. The normalized spacial score (nSPS) is 12.2. The molecule has 0 aliphatic carbocycles. The highest BCUT2D eigenvalue weighted by atomic mass is 35.5. The lowest BCUT2D eigenvalue weighted by Crippen LogP contribution is -2.51. The summed E-state index contributed by atoms with van der Waals surface area (Å²) in [4.78, 5) is 27.2.